The van der Waals surface area contributed by atoms with E-state index in [1.54, 1.807) is 6.08 Å². The van der Waals surface area contributed by atoms with Crippen LogP contribution in [-0.4, -0.2) is 5.78 Å². The number of carbonyl (C=O) groups is 1. The van der Waals surface area contributed by atoms with E-state index in [-0.39, 0.29) is 11.5 Å². The molecule has 0 saturated heterocycles. The Morgan fingerprint density at radius 2 is 2.50 bits per heavy atom. The summed E-state index contributed by atoms with van der Waals surface area (Å²) in [7, 11) is 0. The lowest BCUT2D eigenvalue weighted by Crippen LogP contribution is -2.03. The lowest BCUT2D eigenvalue weighted by Gasteiger charge is -2.04. The zero-order valence-electron chi connectivity index (χ0n) is 5.45. The first kappa shape index (κ1) is 6.83. The monoisotopic (exact) mass is 137 g/mol. The van der Waals surface area contributed by atoms with E-state index in [9.17, 15) is 4.79 Å². The van der Waals surface area contributed by atoms with E-state index in [0.29, 0.717) is 6.42 Å². The molecule has 0 atom stereocenters. The quantitative estimate of drug-likeness (QED) is 0.309. The van der Waals surface area contributed by atoms with Crippen LogP contribution in [-0.2, 0) is 4.79 Å². The maximum atomic E-state index is 10.9. The normalized spacial score (nSPS) is 17.6. The van der Waals surface area contributed by atoms with Crippen LogP contribution in [0.5, 0.6) is 0 Å². The number of ketones is 1. The lowest BCUT2D eigenvalue weighted by molar-refractivity contribution is -0.116. The first-order valence-corrected chi connectivity index (χ1v) is 3.13. The number of nitrogens with zero attached hydrogens (tertiary/aromatic N) is 3. The Bertz CT molecular complexity index is 225. The van der Waals surface area contributed by atoms with Crippen molar-refractivity contribution in [2.75, 3.05) is 0 Å². The van der Waals surface area contributed by atoms with Gasteiger partial charge in [0, 0.05) is 11.3 Å². The van der Waals surface area contributed by atoms with E-state index in [2.05, 4.69) is 10.0 Å². The molecule has 4 nitrogen and oxygen atoms in total. The minimum atomic E-state index is -0.0379. The SMILES string of the molecule is [N-]=[N+]=NC1=CCCCC1=O. The van der Waals surface area contributed by atoms with Gasteiger partial charge in [0.05, 0.1) is 5.70 Å². The molecule has 4 heteroatoms. The molecule has 52 valence electrons. The molecule has 0 saturated carbocycles. The van der Waals surface area contributed by atoms with E-state index in [1.165, 1.54) is 0 Å². The maximum absolute atomic E-state index is 10.9. The highest BCUT2D eigenvalue weighted by molar-refractivity contribution is 5.95. The van der Waals surface area contributed by atoms with Gasteiger partial charge in [0.2, 0.25) is 0 Å². The summed E-state index contributed by atoms with van der Waals surface area (Å²) in [5, 5.41) is 3.26. The van der Waals surface area contributed by atoms with Gasteiger partial charge in [-0.1, -0.05) is 11.2 Å². The Hall–Kier alpha value is -1.28. The van der Waals surface area contributed by atoms with Gasteiger partial charge in [0.1, 0.15) is 0 Å². The van der Waals surface area contributed by atoms with Crippen molar-refractivity contribution in [2.45, 2.75) is 19.3 Å². The number of allylic oxidation sites excluding steroid dienone is 2. The van der Waals surface area contributed by atoms with Crippen LogP contribution >= 0.6 is 0 Å². The Morgan fingerprint density at radius 3 is 3.10 bits per heavy atom. The standard InChI is InChI=1S/C6H7N3O/c7-9-8-5-3-1-2-4-6(5)10/h3H,1-2,4H2. The molecule has 0 fully saturated rings. The fourth-order valence-electron chi connectivity index (χ4n) is 0.888. The second-order valence-electron chi connectivity index (χ2n) is 2.09. The third-order valence-electron chi connectivity index (χ3n) is 1.38. The van der Waals surface area contributed by atoms with Gasteiger partial charge in [-0.25, -0.2) is 0 Å². The predicted octanol–water partition coefficient (Wildman–Crippen LogP) is 1.93. The van der Waals surface area contributed by atoms with Gasteiger partial charge in [0.15, 0.2) is 5.78 Å². The van der Waals surface area contributed by atoms with Gasteiger partial charge in [-0.15, -0.1) is 0 Å². The minimum absolute atomic E-state index is 0.0379. The summed E-state index contributed by atoms with van der Waals surface area (Å²) in [6.07, 6.45) is 3.93. The van der Waals surface area contributed by atoms with Crippen molar-refractivity contribution >= 4 is 5.78 Å². The Morgan fingerprint density at radius 1 is 1.70 bits per heavy atom. The highest BCUT2D eigenvalue weighted by Gasteiger charge is 2.10. The van der Waals surface area contributed by atoms with E-state index in [4.69, 9.17) is 5.53 Å². The van der Waals surface area contributed by atoms with Crippen molar-refractivity contribution in [3.63, 3.8) is 0 Å². The first-order chi connectivity index (χ1) is 4.84. The molecule has 1 aliphatic carbocycles. The van der Waals surface area contributed by atoms with Gasteiger partial charge < -0.3 is 0 Å². The van der Waals surface area contributed by atoms with E-state index in [0.717, 1.165) is 12.8 Å². The average molecular weight is 137 g/mol. The summed E-state index contributed by atoms with van der Waals surface area (Å²) in [6, 6.07) is 0. The highest BCUT2D eigenvalue weighted by atomic mass is 16.1. The number of hydrogen-bond acceptors (Lipinski definition) is 2. The third-order valence-corrected chi connectivity index (χ3v) is 1.38. The van der Waals surface area contributed by atoms with Gasteiger partial charge in [-0.05, 0) is 18.4 Å². The van der Waals surface area contributed by atoms with Crippen LogP contribution in [0.2, 0.25) is 0 Å². The average Bonchev–Trinajstić information content (AvgIpc) is 1.94. The van der Waals surface area contributed by atoms with Crippen molar-refractivity contribution in [3.8, 4) is 0 Å². The van der Waals surface area contributed by atoms with Crippen LogP contribution in [0.3, 0.4) is 0 Å². The maximum Gasteiger partial charge on any atom is 0.164 e. The van der Waals surface area contributed by atoms with E-state index in [1.807, 2.05) is 0 Å². The smallest absolute Gasteiger partial charge is 0.164 e. The summed E-state index contributed by atoms with van der Waals surface area (Å²) >= 11 is 0. The van der Waals surface area contributed by atoms with Crippen molar-refractivity contribution in [2.24, 2.45) is 5.11 Å². The summed E-state index contributed by atoms with van der Waals surface area (Å²) < 4.78 is 0. The molecular weight excluding hydrogens is 130 g/mol. The van der Waals surface area contributed by atoms with Crippen LogP contribution in [0.4, 0.5) is 0 Å². The largest absolute Gasteiger partial charge is 0.294 e. The van der Waals surface area contributed by atoms with Crippen LogP contribution < -0.4 is 0 Å². The molecule has 1 aliphatic rings. The minimum Gasteiger partial charge on any atom is -0.294 e. The van der Waals surface area contributed by atoms with Crippen LogP contribution in [0.1, 0.15) is 19.3 Å². The van der Waals surface area contributed by atoms with Crippen LogP contribution in [0, 0.1) is 0 Å². The topological polar surface area (TPSA) is 65.8 Å². The second kappa shape index (κ2) is 3.03. The predicted molar refractivity (Wildman–Crippen MR) is 36.1 cm³/mol. The molecular formula is C6H7N3O. The molecule has 0 aromatic heterocycles. The second-order valence-corrected chi connectivity index (χ2v) is 2.09. The molecule has 0 amide bonds. The van der Waals surface area contributed by atoms with Crippen molar-refractivity contribution in [1.82, 2.24) is 0 Å². The van der Waals surface area contributed by atoms with E-state index >= 15 is 0 Å². The van der Waals surface area contributed by atoms with Crippen LogP contribution in [0.25, 0.3) is 10.4 Å². The van der Waals surface area contributed by atoms with Gasteiger partial charge in [0.25, 0.3) is 0 Å². The van der Waals surface area contributed by atoms with Crippen molar-refractivity contribution < 1.29 is 4.79 Å². The van der Waals surface area contributed by atoms with Gasteiger partial charge in [-0.3, -0.25) is 4.79 Å². The molecule has 0 spiro atoms. The first-order valence-electron chi connectivity index (χ1n) is 3.13. The Balaban J connectivity index is 2.80. The fraction of sp³-hybridized carbons (Fsp3) is 0.500. The summed E-state index contributed by atoms with van der Waals surface area (Å²) in [5.41, 5.74) is 8.29. The molecule has 0 unspecified atom stereocenters. The molecule has 0 aromatic rings. The fourth-order valence-corrected chi connectivity index (χ4v) is 0.888. The van der Waals surface area contributed by atoms with E-state index < -0.39 is 0 Å². The lowest BCUT2D eigenvalue weighted by atomic mass is 10.0. The van der Waals surface area contributed by atoms with Gasteiger partial charge in [-0.2, -0.15) is 0 Å². The molecule has 0 aromatic carbocycles. The summed E-state index contributed by atoms with van der Waals surface area (Å²) in [5.74, 6) is -0.0379. The Labute approximate surface area is 58.2 Å². The zero-order chi connectivity index (χ0) is 7.40. The third kappa shape index (κ3) is 1.36. The molecule has 0 bridgehead atoms. The summed E-state index contributed by atoms with van der Waals surface area (Å²) in [4.78, 5) is 13.4. The van der Waals surface area contributed by atoms with Gasteiger partial charge >= 0.3 is 0 Å². The van der Waals surface area contributed by atoms with Crippen LogP contribution in [0.15, 0.2) is 16.9 Å². The number of azide groups is 1. The zero-order valence-corrected chi connectivity index (χ0v) is 5.45. The van der Waals surface area contributed by atoms with Crippen molar-refractivity contribution in [3.05, 3.63) is 22.2 Å². The number of rotatable bonds is 1. The molecule has 1 rings (SSSR count). The molecule has 0 aliphatic heterocycles. The van der Waals surface area contributed by atoms with Crippen molar-refractivity contribution in [1.29, 1.82) is 0 Å². The summed E-state index contributed by atoms with van der Waals surface area (Å²) in [6.45, 7) is 0. The number of Topliss-reactive ketones (excluding diaryl/α,β-unsaturated/α-hetero) is 1. The Kier molecular flexibility index (Phi) is 2.07. The molecule has 0 radical (unpaired) electrons. The molecule has 0 N–H and O–H groups in total. The molecule has 10 heavy (non-hydrogen) atoms. The highest BCUT2D eigenvalue weighted by Crippen LogP contribution is 2.14. The number of carbonyl (C=O) groups excluding carboxylic acids is 1. The molecule has 0 heterocycles. The number of hydrogen-bond donors (Lipinski definition) is 0.